The molecule has 3 N–H and O–H groups in total. The molecule has 1 amide bonds. The Labute approximate surface area is 158 Å². The minimum Gasteiger partial charge on any atom is -0.384 e. The Morgan fingerprint density at radius 3 is 2.70 bits per heavy atom. The number of carbonyl (C=O) groups is 1. The largest absolute Gasteiger partial charge is 0.384 e. The molecule has 0 aliphatic rings. The molecule has 0 aliphatic heterocycles. The molecule has 0 radical (unpaired) electrons. The van der Waals surface area contributed by atoms with Gasteiger partial charge < -0.3 is 20.4 Å². The van der Waals surface area contributed by atoms with Crippen LogP contribution < -0.4 is 11.1 Å². The molecular weight excluding hydrogens is 342 g/mol. The van der Waals surface area contributed by atoms with E-state index in [0.29, 0.717) is 42.2 Å². The number of fused-ring (bicyclic) bond motifs is 2. The third-order valence-electron chi connectivity index (χ3n) is 4.19. The number of para-hydroxylation sites is 2. The number of hydrogen-bond donors (Lipinski definition) is 2. The predicted molar refractivity (Wildman–Crippen MR) is 108 cm³/mol. The van der Waals surface area contributed by atoms with Gasteiger partial charge in [0.15, 0.2) is 5.65 Å². The van der Waals surface area contributed by atoms with Crippen molar-refractivity contribution in [2.75, 3.05) is 18.9 Å². The van der Waals surface area contributed by atoms with Crippen LogP contribution in [0.5, 0.6) is 0 Å². The van der Waals surface area contributed by atoms with Crippen molar-refractivity contribution in [1.29, 1.82) is 0 Å². The summed E-state index contributed by atoms with van der Waals surface area (Å²) in [5.41, 5.74) is 9.21. The van der Waals surface area contributed by atoms with Crippen molar-refractivity contribution in [3.8, 4) is 0 Å². The fourth-order valence-corrected chi connectivity index (χ4v) is 2.94. The molecule has 0 bridgehead atoms. The van der Waals surface area contributed by atoms with Gasteiger partial charge in [-0.1, -0.05) is 18.2 Å². The number of ether oxygens (including phenoxy) is 1. The molecule has 0 atom stereocenters. The van der Waals surface area contributed by atoms with Gasteiger partial charge in [0.25, 0.3) is 5.91 Å². The van der Waals surface area contributed by atoms with E-state index in [1.807, 2.05) is 38.1 Å². The number of amides is 1. The molecule has 2 heterocycles. The van der Waals surface area contributed by atoms with E-state index in [1.165, 1.54) is 0 Å². The van der Waals surface area contributed by atoms with Crippen LogP contribution in [0.25, 0.3) is 22.2 Å². The lowest BCUT2D eigenvalue weighted by Crippen LogP contribution is -2.26. The van der Waals surface area contributed by atoms with E-state index in [1.54, 1.807) is 10.6 Å². The fourth-order valence-electron chi connectivity index (χ4n) is 2.94. The zero-order chi connectivity index (χ0) is 19.4. The van der Waals surface area contributed by atoms with Crippen molar-refractivity contribution in [3.63, 3.8) is 0 Å². The molecule has 0 fully saturated rings. The Hall–Kier alpha value is -2.93. The van der Waals surface area contributed by atoms with Gasteiger partial charge in [-0.15, -0.1) is 6.58 Å². The van der Waals surface area contributed by atoms with Crippen LogP contribution in [0.4, 0.5) is 5.82 Å². The molecular formula is C20H25N5O2. The molecule has 0 saturated heterocycles. The monoisotopic (exact) mass is 367 g/mol. The van der Waals surface area contributed by atoms with Crippen molar-refractivity contribution < 1.29 is 9.53 Å². The van der Waals surface area contributed by atoms with Crippen molar-refractivity contribution in [2.45, 2.75) is 32.9 Å². The Bertz CT molecular complexity index is 977. The van der Waals surface area contributed by atoms with Crippen LogP contribution in [0.2, 0.25) is 0 Å². The molecule has 7 heteroatoms. The number of hydrogen-bond acceptors (Lipinski definition) is 5. The molecule has 2 aromatic heterocycles. The van der Waals surface area contributed by atoms with Gasteiger partial charge in [0.1, 0.15) is 16.9 Å². The second kappa shape index (κ2) is 8.18. The van der Waals surface area contributed by atoms with E-state index in [-0.39, 0.29) is 12.0 Å². The Morgan fingerprint density at radius 1 is 1.33 bits per heavy atom. The summed E-state index contributed by atoms with van der Waals surface area (Å²) in [4.78, 5) is 22.1. The minimum absolute atomic E-state index is 0.178. The Balaban J connectivity index is 1.93. The zero-order valence-electron chi connectivity index (χ0n) is 15.7. The summed E-state index contributed by atoms with van der Waals surface area (Å²) in [7, 11) is 0. The first-order valence-electron chi connectivity index (χ1n) is 9.08. The van der Waals surface area contributed by atoms with Gasteiger partial charge in [-0.2, -0.15) is 0 Å². The van der Waals surface area contributed by atoms with E-state index < -0.39 is 0 Å². The number of nitrogen functional groups attached to an aromatic ring is 1. The molecule has 3 rings (SSSR count). The van der Waals surface area contributed by atoms with Crippen LogP contribution in [0.1, 0.15) is 30.6 Å². The first-order chi connectivity index (χ1) is 13.0. The van der Waals surface area contributed by atoms with Crippen LogP contribution in [0, 0.1) is 0 Å². The highest BCUT2D eigenvalue weighted by molar-refractivity contribution is 6.10. The Kier molecular flexibility index (Phi) is 5.71. The molecule has 1 aromatic carbocycles. The second-order valence-electron chi connectivity index (χ2n) is 6.57. The van der Waals surface area contributed by atoms with E-state index in [4.69, 9.17) is 10.5 Å². The van der Waals surface area contributed by atoms with E-state index in [9.17, 15) is 4.79 Å². The number of nitrogens with one attached hydrogen (secondary N) is 1. The van der Waals surface area contributed by atoms with Crippen molar-refractivity contribution in [1.82, 2.24) is 19.9 Å². The van der Waals surface area contributed by atoms with Gasteiger partial charge in [-0.25, -0.2) is 9.97 Å². The molecule has 0 saturated carbocycles. The maximum atomic E-state index is 12.8. The van der Waals surface area contributed by atoms with E-state index >= 15 is 0 Å². The third kappa shape index (κ3) is 3.93. The zero-order valence-corrected chi connectivity index (χ0v) is 15.7. The lowest BCUT2D eigenvalue weighted by molar-refractivity contribution is 0.0757. The van der Waals surface area contributed by atoms with Crippen molar-refractivity contribution in [2.24, 2.45) is 0 Å². The lowest BCUT2D eigenvalue weighted by atomic mass is 10.2. The summed E-state index contributed by atoms with van der Waals surface area (Å²) >= 11 is 0. The molecule has 3 aromatic rings. The maximum absolute atomic E-state index is 12.8. The van der Waals surface area contributed by atoms with Crippen LogP contribution in [-0.2, 0) is 11.3 Å². The first kappa shape index (κ1) is 18.8. The minimum atomic E-state index is -0.255. The lowest BCUT2D eigenvalue weighted by Gasteiger charge is -2.08. The smallest absolute Gasteiger partial charge is 0.257 e. The molecule has 27 heavy (non-hydrogen) atoms. The average molecular weight is 367 g/mol. The molecule has 0 unspecified atom stereocenters. The second-order valence-corrected chi connectivity index (χ2v) is 6.57. The van der Waals surface area contributed by atoms with E-state index in [0.717, 1.165) is 17.5 Å². The summed E-state index contributed by atoms with van der Waals surface area (Å²) < 4.78 is 7.26. The summed E-state index contributed by atoms with van der Waals surface area (Å²) in [5.74, 6) is 0.0885. The number of nitrogens with zero attached hydrogens (tertiary/aromatic N) is 3. The summed E-state index contributed by atoms with van der Waals surface area (Å²) in [6.45, 7) is 9.27. The maximum Gasteiger partial charge on any atom is 0.257 e. The van der Waals surface area contributed by atoms with Gasteiger partial charge in [-0.05, 0) is 32.4 Å². The normalized spacial score (nSPS) is 11.4. The number of carbonyl (C=O) groups excluding carboxylic acids is 1. The molecule has 0 aliphatic carbocycles. The summed E-state index contributed by atoms with van der Waals surface area (Å²) in [6.07, 6.45) is 2.62. The number of benzene rings is 1. The Morgan fingerprint density at radius 2 is 2.04 bits per heavy atom. The van der Waals surface area contributed by atoms with Crippen LogP contribution in [0.3, 0.4) is 0 Å². The number of aromatic nitrogens is 3. The summed E-state index contributed by atoms with van der Waals surface area (Å²) in [6, 6.07) is 7.55. The van der Waals surface area contributed by atoms with Crippen LogP contribution in [-0.4, -0.2) is 39.7 Å². The molecule has 0 spiro atoms. The first-order valence-corrected chi connectivity index (χ1v) is 9.08. The number of rotatable bonds is 8. The molecule has 142 valence electrons. The van der Waals surface area contributed by atoms with Crippen LogP contribution in [0.15, 0.2) is 36.9 Å². The van der Waals surface area contributed by atoms with Crippen molar-refractivity contribution in [3.05, 3.63) is 42.5 Å². The number of anilines is 1. The fraction of sp³-hybridized carbons (Fsp3) is 0.350. The van der Waals surface area contributed by atoms with Gasteiger partial charge in [-0.3, -0.25) is 4.79 Å². The quantitative estimate of drug-likeness (QED) is 0.471. The third-order valence-corrected chi connectivity index (χ3v) is 4.19. The highest BCUT2D eigenvalue weighted by atomic mass is 16.5. The number of nitrogens with two attached hydrogens (primary N) is 1. The van der Waals surface area contributed by atoms with Gasteiger partial charge >= 0.3 is 0 Å². The average Bonchev–Trinajstić information content (AvgIpc) is 2.90. The molecule has 7 nitrogen and oxygen atoms in total. The predicted octanol–water partition coefficient (Wildman–Crippen LogP) is 2.90. The highest BCUT2D eigenvalue weighted by Gasteiger charge is 2.23. The van der Waals surface area contributed by atoms with Gasteiger partial charge in [0.05, 0.1) is 17.1 Å². The van der Waals surface area contributed by atoms with Gasteiger partial charge in [0.2, 0.25) is 0 Å². The standard InChI is InChI=1S/C20H25N5O2/c1-4-11-25-18(21)16(20(26)22-10-7-12-27-13(2)3)17-19(25)24-15-9-6-5-8-14(15)23-17/h4-6,8-9,13H,1,7,10-12,21H2,2-3H3,(H,22,26). The van der Waals surface area contributed by atoms with Gasteiger partial charge in [0, 0.05) is 19.7 Å². The van der Waals surface area contributed by atoms with Crippen molar-refractivity contribution >= 4 is 33.9 Å². The topological polar surface area (TPSA) is 95.1 Å². The number of allylic oxidation sites excluding steroid dienone is 1. The highest BCUT2D eigenvalue weighted by Crippen LogP contribution is 2.27. The van der Waals surface area contributed by atoms with Crippen LogP contribution >= 0.6 is 0 Å². The summed E-state index contributed by atoms with van der Waals surface area (Å²) in [5, 5.41) is 2.90. The van der Waals surface area contributed by atoms with E-state index in [2.05, 4.69) is 21.9 Å². The SMILES string of the molecule is C=CCn1c(N)c(C(=O)NCCCOC(C)C)c2nc3ccccc3nc21.